The van der Waals surface area contributed by atoms with Gasteiger partial charge in [-0.05, 0) is 24.3 Å². The lowest BCUT2D eigenvalue weighted by molar-refractivity contribution is -0.131. The molecule has 0 bridgehead atoms. The van der Waals surface area contributed by atoms with Gasteiger partial charge in [0.2, 0.25) is 17.6 Å². The predicted octanol–water partition coefficient (Wildman–Crippen LogP) is 1.36. The van der Waals surface area contributed by atoms with Crippen molar-refractivity contribution in [1.29, 1.82) is 0 Å². The molecule has 1 heterocycles. The monoisotopic (exact) mass is 277 g/mol. The maximum Gasteiger partial charge on any atom is 0.244 e. The van der Waals surface area contributed by atoms with Crippen LogP contribution in [0.1, 0.15) is 12.3 Å². The number of hydroxylamine groups is 1. The first-order chi connectivity index (χ1) is 9.72. The highest BCUT2D eigenvalue weighted by Gasteiger charge is 2.10. The highest BCUT2D eigenvalue weighted by molar-refractivity contribution is 5.74. The fourth-order valence-corrected chi connectivity index (χ4v) is 1.60. The van der Waals surface area contributed by atoms with Crippen molar-refractivity contribution in [3.63, 3.8) is 0 Å². The zero-order valence-electron chi connectivity index (χ0n) is 11.3. The molecule has 20 heavy (non-hydrogen) atoms. The Morgan fingerprint density at radius 2 is 2.05 bits per heavy atom. The van der Waals surface area contributed by atoms with Crippen molar-refractivity contribution >= 4 is 5.91 Å². The van der Waals surface area contributed by atoms with E-state index in [-0.39, 0.29) is 12.3 Å². The van der Waals surface area contributed by atoms with Crippen molar-refractivity contribution in [2.45, 2.75) is 12.8 Å². The molecule has 106 valence electrons. The highest BCUT2D eigenvalue weighted by atomic mass is 16.6. The molecular formula is C13H15N3O4. The maximum atomic E-state index is 11.2. The number of aromatic nitrogens is 2. The Kier molecular flexibility index (Phi) is 4.67. The Bertz CT molecular complexity index is 565. The lowest BCUT2D eigenvalue weighted by Gasteiger charge is -1.99. The topological polar surface area (TPSA) is 86.5 Å². The van der Waals surface area contributed by atoms with Gasteiger partial charge in [0.1, 0.15) is 5.75 Å². The molecule has 0 aliphatic heterocycles. The Morgan fingerprint density at radius 3 is 2.70 bits per heavy atom. The number of aryl methyl sites for hydroxylation is 1. The molecule has 1 aromatic carbocycles. The Morgan fingerprint density at radius 1 is 1.30 bits per heavy atom. The zero-order valence-corrected chi connectivity index (χ0v) is 11.3. The molecule has 0 spiro atoms. The van der Waals surface area contributed by atoms with E-state index in [0.717, 1.165) is 11.3 Å². The molecule has 0 saturated carbocycles. The normalized spacial score (nSPS) is 10.3. The average Bonchev–Trinajstić information content (AvgIpc) is 2.94. The van der Waals surface area contributed by atoms with Crippen LogP contribution in [-0.4, -0.2) is 30.3 Å². The van der Waals surface area contributed by atoms with Gasteiger partial charge >= 0.3 is 0 Å². The van der Waals surface area contributed by atoms with E-state index in [9.17, 15) is 4.79 Å². The van der Waals surface area contributed by atoms with Crippen molar-refractivity contribution in [2.75, 3.05) is 14.2 Å². The number of carbonyl (C=O) groups is 1. The fraction of sp³-hybridized carbons (Fsp3) is 0.308. The smallest absolute Gasteiger partial charge is 0.244 e. The number of benzene rings is 1. The van der Waals surface area contributed by atoms with Crippen LogP contribution in [0.25, 0.3) is 11.4 Å². The number of hydrogen-bond donors (Lipinski definition) is 1. The molecule has 2 rings (SSSR count). The van der Waals surface area contributed by atoms with Gasteiger partial charge in [0.25, 0.3) is 0 Å². The minimum absolute atomic E-state index is 0.220. The van der Waals surface area contributed by atoms with Gasteiger partial charge in [0.15, 0.2) is 0 Å². The van der Waals surface area contributed by atoms with Crippen molar-refractivity contribution in [1.82, 2.24) is 15.6 Å². The van der Waals surface area contributed by atoms with Gasteiger partial charge < -0.3 is 9.26 Å². The van der Waals surface area contributed by atoms with Crippen LogP contribution < -0.4 is 10.2 Å². The summed E-state index contributed by atoms with van der Waals surface area (Å²) < 4.78 is 10.2. The van der Waals surface area contributed by atoms with Crippen LogP contribution in [0.2, 0.25) is 0 Å². The van der Waals surface area contributed by atoms with Crippen molar-refractivity contribution in [3.8, 4) is 17.1 Å². The summed E-state index contributed by atoms with van der Waals surface area (Å²) in [5.41, 5.74) is 3.05. The second-order valence-electron chi connectivity index (χ2n) is 3.97. The van der Waals surface area contributed by atoms with E-state index in [1.165, 1.54) is 7.11 Å². The number of hydrogen-bond acceptors (Lipinski definition) is 6. The molecule has 1 N–H and O–H groups in total. The minimum Gasteiger partial charge on any atom is -0.497 e. The second-order valence-corrected chi connectivity index (χ2v) is 3.97. The maximum absolute atomic E-state index is 11.2. The third kappa shape index (κ3) is 3.55. The van der Waals surface area contributed by atoms with Crippen LogP contribution in [0, 0.1) is 0 Å². The molecular weight excluding hydrogens is 262 g/mol. The van der Waals surface area contributed by atoms with Gasteiger partial charge in [-0.2, -0.15) is 4.98 Å². The van der Waals surface area contributed by atoms with Crippen LogP contribution in [0.5, 0.6) is 5.75 Å². The standard InChI is InChI=1S/C13H15N3O4/c1-18-10-5-3-9(4-6-10)13-14-12(20-16-13)8-7-11(17)15-19-2/h3-6H,7-8H2,1-2H3,(H,15,17). The number of rotatable bonds is 6. The van der Waals surface area contributed by atoms with Gasteiger partial charge in [0, 0.05) is 18.4 Å². The Labute approximate surface area is 115 Å². The molecule has 0 fully saturated rings. The number of amides is 1. The highest BCUT2D eigenvalue weighted by Crippen LogP contribution is 2.19. The molecule has 2 aromatic rings. The molecule has 7 nitrogen and oxygen atoms in total. The van der Waals surface area contributed by atoms with E-state index < -0.39 is 0 Å². The third-order valence-electron chi connectivity index (χ3n) is 2.60. The number of methoxy groups -OCH3 is 1. The quantitative estimate of drug-likeness (QED) is 0.802. The molecule has 1 amide bonds. The summed E-state index contributed by atoms with van der Waals surface area (Å²) >= 11 is 0. The van der Waals surface area contributed by atoms with Crippen molar-refractivity contribution < 1.29 is 18.9 Å². The zero-order chi connectivity index (χ0) is 14.4. The van der Waals surface area contributed by atoms with E-state index in [0.29, 0.717) is 18.1 Å². The SMILES string of the molecule is CONC(=O)CCc1nc(-c2ccc(OC)cc2)no1. The van der Waals surface area contributed by atoms with E-state index in [4.69, 9.17) is 9.26 Å². The largest absolute Gasteiger partial charge is 0.497 e. The van der Waals surface area contributed by atoms with E-state index in [1.807, 2.05) is 24.3 Å². The van der Waals surface area contributed by atoms with Gasteiger partial charge in [0.05, 0.1) is 14.2 Å². The number of carbonyl (C=O) groups excluding carboxylic acids is 1. The van der Waals surface area contributed by atoms with Gasteiger partial charge in [-0.1, -0.05) is 5.16 Å². The van der Waals surface area contributed by atoms with Crippen LogP contribution in [0.15, 0.2) is 28.8 Å². The van der Waals surface area contributed by atoms with Crippen molar-refractivity contribution in [2.24, 2.45) is 0 Å². The molecule has 1 aromatic heterocycles. The fourth-order valence-electron chi connectivity index (χ4n) is 1.60. The van der Waals surface area contributed by atoms with Gasteiger partial charge in [-0.25, -0.2) is 5.48 Å². The van der Waals surface area contributed by atoms with Crippen LogP contribution >= 0.6 is 0 Å². The summed E-state index contributed by atoms with van der Waals surface area (Å²) in [5, 5.41) is 3.88. The number of nitrogens with zero attached hydrogens (tertiary/aromatic N) is 2. The van der Waals surface area contributed by atoms with E-state index >= 15 is 0 Å². The van der Waals surface area contributed by atoms with Crippen LogP contribution in [0.3, 0.4) is 0 Å². The summed E-state index contributed by atoms with van der Waals surface area (Å²) in [6.07, 6.45) is 0.580. The third-order valence-corrected chi connectivity index (χ3v) is 2.60. The van der Waals surface area contributed by atoms with Crippen LogP contribution in [0.4, 0.5) is 0 Å². The molecule has 0 aliphatic carbocycles. The second kappa shape index (κ2) is 6.67. The Hall–Kier alpha value is -2.41. The number of nitrogens with one attached hydrogen (secondary N) is 1. The summed E-state index contributed by atoms with van der Waals surface area (Å²) in [6, 6.07) is 7.31. The Balaban J connectivity index is 1.99. The minimum atomic E-state index is -0.239. The van der Waals surface area contributed by atoms with E-state index in [1.54, 1.807) is 7.11 Å². The number of ether oxygens (including phenoxy) is 1. The molecule has 0 atom stereocenters. The lowest BCUT2D eigenvalue weighted by Crippen LogP contribution is -2.21. The van der Waals surface area contributed by atoms with Gasteiger partial charge in [-0.3, -0.25) is 9.63 Å². The summed E-state index contributed by atoms with van der Waals surface area (Å²) in [5.74, 6) is 1.40. The molecule has 7 heteroatoms. The molecule has 0 saturated heterocycles. The molecule has 0 aliphatic rings. The lowest BCUT2D eigenvalue weighted by atomic mass is 10.2. The average molecular weight is 277 g/mol. The summed E-state index contributed by atoms with van der Waals surface area (Å²) in [7, 11) is 2.99. The predicted molar refractivity (Wildman–Crippen MR) is 69.8 cm³/mol. The molecule has 0 unspecified atom stereocenters. The van der Waals surface area contributed by atoms with Crippen molar-refractivity contribution in [3.05, 3.63) is 30.2 Å². The molecule has 0 radical (unpaired) electrons. The van der Waals surface area contributed by atoms with E-state index in [2.05, 4.69) is 20.5 Å². The van der Waals surface area contributed by atoms with Crippen LogP contribution in [-0.2, 0) is 16.1 Å². The summed E-state index contributed by atoms with van der Waals surface area (Å²) in [6.45, 7) is 0. The first-order valence-electron chi connectivity index (χ1n) is 6.01. The first kappa shape index (κ1) is 14.0. The first-order valence-corrected chi connectivity index (χ1v) is 6.01. The summed E-state index contributed by atoms with van der Waals surface area (Å²) in [4.78, 5) is 20.0. The van der Waals surface area contributed by atoms with Gasteiger partial charge in [-0.15, -0.1) is 0 Å².